The Morgan fingerprint density at radius 2 is 2.17 bits per heavy atom. The summed E-state index contributed by atoms with van der Waals surface area (Å²) in [5, 5.41) is 15.5. The van der Waals surface area contributed by atoms with Crippen molar-refractivity contribution in [3.05, 3.63) is 18.3 Å². The number of hydrogen-bond donors (Lipinski definition) is 2. The van der Waals surface area contributed by atoms with Crippen molar-refractivity contribution in [1.82, 2.24) is 19.5 Å². The molecular formula is C19H30N6O3S. The molecule has 0 bridgehead atoms. The normalized spacial score (nSPS) is 17.4. The van der Waals surface area contributed by atoms with Crippen molar-refractivity contribution in [2.45, 2.75) is 50.1 Å². The molecule has 1 aromatic rings. The standard InChI is InChI=1S/C19H30N6O3S/c1-5-24(4)29(27,28)16-8-9-17(21-12-16)22-14-19(2,3)23-13-18(26)25-10-6-7-15(25)11-20/h8-9,12,15,23H,5-7,10,13-14H2,1-4H3,(H,21,22)/t15-/m0/s1. The van der Waals surface area contributed by atoms with Crippen molar-refractivity contribution in [3.8, 4) is 6.07 Å². The minimum atomic E-state index is -3.52. The molecule has 10 heteroatoms. The smallest absolute Gasteiger partial charge is 0.244 e. The number of carbonyl (C=O) groups is 1. The van der Waals surface area contributed by atoms with Gasteiger partial charge in [0.1, 0.15) is 16.8 Å². The number of pyridine rings is 1. The van der Waals surface area contributed by atoms with Gasteiger partial charge in [-0.3, -0.25) is 4.79 Å². The van der Waals surface area contributed by atoms with E-state index in [2.05, 4.69) is 21.7 Å². The zero-order valence-electron chi connectivity index (χ0n) is 17.5. The van der Waals surface area contributed by atoms with Crippen LogP contribution in [0.1, 0.15) is 33.6 Å². The summed E-state index contributed by atoms with van der Waals surface area (Å²) < 4.78 is 25.9. The van der Waals surface area contributed by atoms with Crippen LogP contribution in [-0.4, -0.2) is 73.3 Å². The van der Waals surface area contributed by atoms with Gasteiger partial charge in [-0.15, -0.1) is 0 Å². The average Bonchev–Trinajstić information content (AvgIpc) is 3.19. The first kappa shape index (κ1) is 23.1. The molecule has 1 amide bonds. The molecule has 2 N–H and O–H groups in total. The minimum absolute atomic E-state index is 0.0742. The monoisotopic (exact) mass is 422 g/mol. The molecular weight excluding hydrogens is 392 g/mol. The SMILES string of the molecule is CCN(C)S(=O)(=O)c1ccc(NCC(C)(C)NCC(=O)N2CCC[C@H]2C#N)nc1. The molecule has 1 atom stereocenters. The van der Waals surface area contributed by atoms with E-state index in [1.807, 2.05) is 13.8 Å². The lowest BCUT2D eigenvalue weighted by Crippen LogP contribution is -2.50. The van der Waals surface area contributed by atoms with Gasteiger partial charge in [-0.05, 0) is 38.8 Å². The lowest BCUT2D eigenvalue weighted by molar-refractivity contribution is -0.130. The van der Waals surface area contributed by atoms with E-state index in [0.717, 1.165) is 12.8 Å². The van der Waals surface area contributed by atoms with Crippen LogP contribution in [0, 0.1) is 11.3 Å². The van der Waals surface area contributed by atoms with Gasteiger partial charge in [0.2, 0.25) is 15.9 Å². The maximum absolute atomic E-state index is 12.4. The number of nitriles is 1. The van der Waals surface area contributed by atoms with Crippen LogP contribution in [0.3, 0.4) is 0 Å². The van der Waals surface area contributed by atoms with Crippen LogP contribution in [0.25, 0.3) is 0 Å². The molecule has 0 aliphatic carbocycles. The molecule has 0 spiro atoms. The Hall–Kier alpha value is -2.22. The van der Waals surface area contributed by atoms with Crippen molar-refractivity contribution in [1.29, 1.82) is 5.26 Å². The second-order valence-electron chi connectivity index (χ2n) is 7.76. The maximum Gasteiger partial charge on any atom is 0.244 e. The molecule has 1 aliphatic rings. The van der Waals surface area contributed by atoms with Gasteiger partial charge in [0.05, 0.1) is 12.6 Å². The first-order valence-electron chi connectivity index (χ1n) is 9.71. The Morgan fingerprint density at radius 3 is 2.76 bits per heavy atom. The molecule has 2 heterocycles. The van der Waals surface area contributed by atoms with Crippen LogP contribution in [0.4, 0.5) is 5.82 Å². The molecule has 2 rings (SSSR count). The molecule has 9 nitrogen and oxygen atoms in total. The van der Waals surface area contributed by atoms with Gasteiger partial charge in [0.25, 0.3) is 0 Å². The second kappa shape index (κ2) is 9.52. The number of nitrogens with zero attached hydrogens (tertiary/aromatic N) is 4. The summed E-state index contributed by atoms with van der Waals surface area (Å²) in [6, 6.07) is 5.00. The molecule has 1 aromatic heterocycles. The number of nitrogens with one attached hydrogen (secondary N) is 2. The summed E-state index contributed by atoms with van der Waals surface area (Å²) in [5.74, 6) is 0.475. The highest BCUT2D eigenvalue weighted by molar-refractivity contribution is 7.89. The number of aromatic nitrogens is 1. The first-order valence-corrected chi connectivity index (χ1v) is 11.1. The third-order valence-corrected chi connectivity index (χ3v) is 6.96. The summed E-state index contributed by atoms with van der Waals surface area (Å²) in [6.45, 7) is 7.32. The van der Waals surface area contributed by atoms with Crippen LogP contribution in [0.5, 0.6) is 0 Å². The van der Waals surface area contributed by atoms with Crippen LogP contribution >= 0.6 is 0 Å². The minimum Gasteiger partial charge on any atom is -0.368 e. The van der Waals surface area contributed by atoms with E-state index in [1.54, 1.807) is 17.9 Å². The number of rotatable bonds is 9. The zero-order chi connectivity index (χ0) is 21.7. The average molecular weight is 423 g/mol. The third-order valence-electron chi connectivity index (χ3n) is 5.04. The topological polar surface area (TPSA) is 118 Å². The number of anilines is 1. The predicted molar refractivity (Wildman–Crippen MR) is 111 cm³/mol. The van der Waals surface area contributed by atoms with E-state index in [1.165, 1.54) is 23.6 Å². The molecule has 1 fully saturated rings. The summed E-state index contributed by atoms with van der Waals surface area (Å²) in [6.07, 6.45) is 2.93. The lowest BCUT2D eigenvalue weighted by Gasteiger charge is -2.28. The highest BCUT2D eigenvalue weighted by atomic mass is 32.2. The van der Waals surface area contributed by atoms with Gasteiger partial charge >= 0.3 is 0 Å². The largest absolute Gasteiger partial charge is 0.368 e. The Balaban J connectivity index is 1.88. The summed E-state index contributed by atoms with van der Waals surface area (Å²) in [7, 11) is -1.99. The van der Waals surface area contributed by atoms with Crippen molar-refractivity contribution >= 4 is 21.7 Å². The van der Waals surface area contributed by atoms with Crippen molar-refractivity contribution < 1.29 is 13.2 Å². The van der Waals surface area contributed by atoms with Gasteiger partial charge in [-0.25, -0.2) is 17.7 Å². The summed E-state index contributed by atoms with van der Waals surface area (Å²) in [5.41, 5.74) is -0.410. The van der Waals surface area contributed by atoms with E-state index >= 15 is 0 Å². The lowest BCUT2D eigenvalue weighted by atomic mass is 10.1. The number of carbonyl (C=O) groups excluding carboxylic acids is 1. The first-order chi connectivity index (χ1) is 13.6. The van der Waals surface area contributed by atoms with Gasteiger partial charge < -0.3 is 15.5 Å². The number of hydrogen-bond acceptors (Lipinski definition) is 7. The number of sulfonamides is 1. The fraction of sp³-hybridized carbons (Fsp3) is 0.632. The van der Waals surface area contributed by atoms with Crippen LogP contribution in [0.15, 0.2) is 23.2 Å². The number of likely N-dealkylation sites (tertiary alicyclic amines) is 1. The highest BCUT2D eigenvalue weighted by Gasteiger charge is 2.29. The molecule has 1 aliphatic heterocycles. The molecule has 0 unspecified atom stereocenters. The van der Waals surface area contributed by atoms with Crippen LogP contribution in [0.2, 0.25) is 0 Å². The van der Waals surface area contributed by atoms with Gasteiger partial charge in [0.15, 0.2) is 0 Å². The Labute approximate surface area is 173 Å². The molecule has 1 saturated heterocycles. The molecule has 29 heavy (non-hydrogen) atoms. The van der Waals surface area contributed by atoms with Crippen molar-refractivity contribution in [3.63, 3.8) is 0 Å². The van der Waals surface area contributed by atoms with Crippen molar-refractivity contribution in [2.75, 3.05) is 38.5 Å². The Bertz CT molecular complexity index is 848. The second-order valence-corrected chi connectivity index (χ2v) is 9.81. The number of amides is 1. The predicted octanol–water partition coefficient (Wildman–Crippen LogP) is 1.02. The molecule has 0 saturated carbocycles. The van der Waals surface area contributed by atoms with Crippen molar-refractivity contribution in [2.24, 2.45) is 0 Å². The van der Waals surface area contributed by atoms with E-state index in [4.69, 9.17) is 5.26 Å². The molecule has 0 radical (unpaired) electrons. The van der Waals surface area contributed by atoms with E-state index in [0.29, 0.717) is 25.5 Å². The van der Waals surface area contributed by atoms with E-state index < -0.39 is 15.6 Å². The zero-order valence-corrected chi connectivity index (χ0v) is 18.3. The fourth-order valence-electron chi connectivity index (χ4n) is 2.98. The van der Waals surface area contributed by atoms with Gasteiger partial charge in [0, 0.05) is 38.4 Å². The summed E-state index contributed by atoms with van der Waals surface area (Å²) in [4.78, 5) is 18.3. The Kier molecular flexibility index (Phi) is 7.57. The summed E-state index contributed by atoms with van der Waals surface area (Å²) >= 11 is 0. The van der Waals surface area contributed by atoms with Crippen LogP contribution < -0.4 is 10.6 Å². The quantitative estimate of drug-likeness (QED) is 0.610. The van der Waals surface area contributed by atoms with Gasteiger partial charge in [-0.2, -0.15) is 5.26 Å². The highest BCUT2D eigenvalue weighted by Crippen LogP contribution is 2.17. The maximum atomic E-state index is 12.4. The third kappa shape index (κ3) is 5.88. The van der Waals surface area contributed by atoms with Crippen LogP contribution in [-0.2, 0) is 14.8 Å². The van der Waals surface area contributed by atoms with E-state index in [-0.39, 0.29) is 23.4 Å². The Morgan fingerprint density at radius 1 is 1.45 bits per heavy atom. The molecule has 160 valence electrons. The van der Waals surface area contributed by atoms with E-state index in [9.17, 15) is 13.2 Å². The molecule has 0 aromatic carbocycles. The van der Waals surface area contributed by atoms with Gasteiger partial charge in [-0.1, -0.05) is 6.92 Å². The fourth-order valence-corrected chi connectivity index (χ4v) is 4.10.